The third-order valence-electron chi connectivity index (χ3n) is 5.83. The SMILES string of the molecule is COc1ccc(-c2cccc3c2CNC3=O)c(OCC2(OC(=O)CC(C)C)CC2)c1OC. The molecule has 4 rings (SSSR count). The van der Waals surface area contributed by atoms with Crippen molar-refractivity contribution in [1.82, 2.24) is 5.32 Å². The normalized spacial score (nSPS) is 15.7. The highest BCUT2D eigenvalue weighted by atomic mass is 16.6. The van der Waals surface area contributed by atoms with Crippen molar-refractivity contribution in [3.05, 3.63) is 41.5 Å². The van der Waals surface area contributed by atoms with Crippen LogP contribution in [0, 0.1) is 5.92 Å². The standard InChI is InChI=1S/C25H29NO6/c1-15(2)12-21(27)32-25(10-11-25)14-31-22-17(8-9-20(29-3)23(22)30-4)16-6-5-7-18-19(16)13-26-24(18)28/h5-9,15H,10-14H2,1-4H3,(H,26,28). The van der Waals surface area contributed by atoms with Crippen LogP contribution in [0.15, 0.2) is 30.3 Å². The first-order valence-electron chi connectivity index (χ1n) is 10.9. The molecular weight excluding hydrogens is 410 g/mol. The number of ether oxygens (including phenoxy) is 4. The van der Waals surface area contributed by atoms with Crippen LogP contribution in [0.2, 0.25) is 0 Å². The molecule has 2 aromatic carbocycles. The van der Waals surface area contributed by atoms with Gasteiger partial charge in [0.05, 0.1) is 14.2 Å². The Kier molecular flexibility index (Phi) is 6.00. The summed E-state index contributed by atoms with van der Waals surface area (Å²) < 4.78 is 23.2. The topological polar surface area (TPSA) is 83.1 Å². The Hall–Kier alpha value is -3.22. The Morgan fingerprint density at radius 3 is 2.44 bits per heavy atom. The number of nitrogens with one attached hydrogen (secondary N) is 1. The predicted octanol–water partition coefficient (Wildman–Crippen LogP) is 4.11. The van der Waals surface area contributed by atoms with Gasteiger partial charge in [-0.05, 0) is 48.1 Å². The molecular formula is C25H29NO6. The zero-order valence-corrected chi connectivity index (χ0v) is 18.9. The molecule has 1 saturated carbocycles. The van der Waals surface area contributed by atoms with Crippen LogP contribution >= 0.6 is 0 Å². The van der Waals surface area contributed by atoms with Gasteiger partial charge in [-0.3, -0.25) is 9.59 Å². The van der Waals surface area contributed by atoms with E-state index in [1.54, 1.807) is 14.2 Å². The highest BCUT2D eigenvalue weighted by Crippen LogP contribution is 2.48. The van der Waals surface area contributed by atoms with E-state index in [-0.39, 0.29) is 24.4 Å². The monoisotopic (exact) mass is 439 g/mol. The van der Waals surface area contributed by atoms with Gasteiger partial charge in [0.1, 0.15) is 12.2 Å². The number of methoxy groups -OCH3 is 2. The molecule has 0 unspecified atom stereocenters. The van der Waals surface area contributed by atoms with E-state index in [9.17, 15) is 9.59 Å². The van der Waals surface area contributed by atoms with Crippen molar-refractivity contribution in [2.24, 2.45) is 5.92 Å². The van der Waals surface area contributed by atoms with E-state index < -0.39 is 5.60 Å². The lowest BCUT2D eigenvalue weighted by Gasteiger charge is -2.22. The van der Waals surface area contributed by atoms with E-state index in [4.69, 9.17) is 18.9 Å². The first-order chi connectivity index (χ1) is 15.4. The summed E-state index contributed by atoms with van der Waals surface area (Å²) >= 11 is 0. The van der Waals surface area contributed by atoms with Gasteiger partial charge in [0.2, 0.25) is 5.75 Å². The lowest BCUT2D eigenvalue weighted by Crippen LogP contribution is -2.27. The van der Waals surface area contributed by atoms with Gasteiger partial charge in [-0.2, -0.15) is 0 Å². The zero-order valence-electron chi connectivity index (χ0n) is 18.9. The van der Waals surface area contributed by atoms with Gasteiger partial charge < -0.3 is 24.3 Å². The van der Waals surface area contributed by atoms with Crippen LogP contribution in [-0.2, 0) is 16.1 Å². The van der Waals surface area contributed by atoms with Crippen molar-refractivity contribution in [3.8, 4) is 28.4 Å². The second kappa shape index (κ2) is 8.73. The first-order valence-corrected chi connectivity index (χ1v) is 10.9. The van der Waals surface area contributed by atoms with Crippen molar-refractivity contribution in [2.75, 3.05) is 20.8 Å². The maximum absolute atomic E-state index is 12.2. The van der Waals surface area contributed by atoms with Crippen molar-refractivity contribution in [3.63, 3.8) is 0 Å². The molecule has 1 N–H and O–H groups in total. The molecule has 0 spiro atoms. The van der Waals surface area contributed by atoms with Crippen LogP contribution in [0.25, 0.3) is 11.1 Å². The van der Waals surface area contributed by atoms with Gasteiger partial charge in [0.15, 0.2) is 11.5 Å². The average Bonchev–Trinajstić information content (AvgIpc) is 3.42. The van der Waals surface area contributed by atoms with E-state index in [0.29, 0.717) is 35.8 Å². The average molecular weight is 440 g/mol. The van der Waals surface area contributed by atoms with Gasteiger partial charge in [-0.1, -0.05) is 26.0 Å². The largest absolute Gasteiger partial charge is 0.493 e. The van der Waals surface area contributed by atoms with E-state index in [1.807, 2.05) is 44.2 Å². The summed E-state index contributed by atoms with van der Waals surface area (Å²) in [4.78, 5) is 24.4. The summed E-state index contributed by atoms with van der Waals surface area (Å²) in [5, 5.41) is 2.88. The van der Waals surface area contributed by atoms with Crippen LogP contribution in [0.4, 0.5) is 0 Å². The minimum absolute atomic E-state index is 0.0845. The van der Waals surface area contributed by atoms with Crippen molar-refractivity contribution in [1.29, 1.82) is 0 Å². The fourth-order valence-corrected chi connectivity index (χ4v) is 4.00. The lowest BCUT2D eigenvalue weighted by atomic mass is 9.95. The van der Waals surface area contributed by atoms with E-state index in [2.05, 4.69) is 5.32 Å². The maximum atomic E-state index is 12.2. The van der Waals surface area contributed by atoms with Gasteiger partial charge >= 0.3 is 5.97 Å². The summed E-state index contributed by atoms with van der Waals surface area (Å²) in [5.41, 5.74) is 2.65. The van der Waals surface area contributed by atoms with Gasteiger partial charge in [-0.25, -0.2) is 0 Å². The number of carbonyl (C=O) groups excluding carboxylic acids is 2. The molecule has 1 heterocycles. The third-order valence-corrected chi connectivity index (χ3v) is 5.83. The van der Waals surface area contributed by atoms with Crippen LogP contribution in [0.3, 0.4) is 0 Å². The molecule has 1 aliphatic carbocycles. The number of amides is 1. The Labute approximate surface area is 188 Å². The fraction of sp³-hybridized carbons (Fsp3) is 0.440. The molecule has 1 fully saturated rings. The number of esters is 1. The molecule has 7 nitrogen and oxygen atoms in total. The molecule has 0 bridgehead atoms. The number of fused-ring (bicyclic) bond motifs is 1. The molecule has 2 aliphatic rings. The number of benzene rings is 2. The second-order valence-electron chi connectivity index (χ2n) is 8.74. The van der Waals surface area contributed by atoms with Gasteiger partial charge in [-0.15, -0.1) is 0 Å². The Balaban J connectivity index is 1.67. The number of rotatable bonds is 9. The number of hydrogen-bond acceptors (Lipinski definition) is 6. The second-order valence-corrected chi connectivity index (χ2v) is 8.74. The molecule has 0 saturated heterocycles. The van der Waals surface area contributed by atoms with Crippen LogP contribution in [0.1, 0.15) is 49.0 Å². The number of carbonyl (C=O) groups is 2. The maximum Gasteiger partial charge on any atom is 0.306 e. The predicted molar refractivity (Wildman–Crippen MR) is 119 cm³/mol. The molecule has 32 heavy (non-hydrogen) atoms. The molecule has 7 heteroatoms. The minimum atomic E-state index is -0.604. The van der Waals surface area contributed by atoms with Crippen molar-refractivity contribution >= 4 is 11.9 Å². The summed E-state index contributed by atoms with van der Waals surface area (Å²) in [6.45, 7) is 4.65. The highest BCUT2D eigenvalue weighted by molar-refractivity contribution is 6.01. The van der Waals surface area contributed by atoms with Crippen molar-refractivity contribution in [2.45, 2.75) is 45.3 Å². The van der Waals surface area contributed by atoms with Crippen LogP contribution in [-0.4, -0.2) is 38.3 Å². The molecule has 0 atom stereocenters. The first kappa shape index (κ1) is 22.0. The number of hydrogen-bond donors (Lipinski definition) is 1. The van der Waals surface area contributed by atoms with Gasteiger partial charge in [0, 0.05) is 24.1 Å². The molecule has 0 aromatic heterocycles. The smallest absolute Gasteiger partial charge is 0.306 e. The highest BCUT2D eigenvalue weighted by Gasteiger charge is 2.48. The molecule has 1 aliphatic heterocycles. The lowest BCUT2D eigenvalue weighted by molar-refractivity contribution is -0.153. The summed E-state index contributed by atoms with van der Waals surface area (Å²) in [6.07, 6.45) is 1.90. The van der Waals surface area contributed by atoms with E-state index in [1.165, 1.54) is 0 Å². The van der Waals surface area contributed by atoms with E-state index >= 15 is 0 Å². The summed E-state index contributed by atoms with van der Waals surface area (Å²) in [7, 11) is 3.13. The summed E-state index contributed by atoms with van der Waals surface area (Å²) in [5.74, 6) is 1.45. The molecule has 1 amide bonds. The quantitative estimate of drug-likeness (QED) is 0.592. The minimum Gasteiger partial charge on any atom is -0.493 e. The molecule has 0 radical (unpaired) electrons. The Bertz CT molecular complexity index is 1040. The van der Waals surface area contributed by atoms with Gasteiger partial charge in [0.25, 0.3) is 5.91 Å². The van der Waals surface area contributed by atoms with Crippen LogP contribution in [0.5, 0.6) is 17.2 Å². The molecule has 2 aromatic rings. The van der Waals surface area contributed by atoms with Crippen molar-refractivity contribution < 1.29 is 28.5 Å². The fourth-order valence-electron chi connectivity index (χ4n) is 4.00. The van der Waals surface area contributed by atoms with Crippen LogP contribution < -0.4 is 19.5 Å². The van der Waals surface area contributed by atoms with E-state index in [0.717, 1.165) is 29.5 Å². The molecule has 170 valence electrons. The zero-order chi connectivity index (χ0) is 22.9. The summed E-state index contributed by atoms with van der Waals surface area (Å²) in [6, 6.07) is 9.36. The Morgan fingerprint density at radius 1 is 1.03 bits per heavy atom. The Morgan fingerprint density at radius 2 is 1.78 bits per heavy atom. The third kappa shape index (κ3) is 4.24.